The molecule has 0 saturated carbocycles. The van der Waals surface area contributed by atoms with Gasteiger partial charge in [-0.2, -0.15) is 21.9 Å². The highest BCUT2D eigenvalue weighted by molar-refractivity contribution is 7.86. The molecule has 0 bridgehead atoms. The van der Waals surface area contributed by atoms with Crippen molar-refractivity contribution in [1.82, 2.24) is 0 Å². The molecule has 0 aliphatic heterocycles. The smallest absolute Gasteiger partial charge is 0.337 e. The Kier molecular flexibility index (Phi) is 7.40. The SMILES string of the molecule is O=Cc1ccc(C(=O)Nc2ccc(N=Nc3cc(S(=O)(=O)O)ccc3S(=O)(=O)O)cc2C(=O)O)cc1. The van der Waals surface area contributed by atoms with E-state index < -0.39 is 53.2 Å². The van der Waals surface area contributed by atoms with Gasteiger partial charge in [0.1, 0.15) is 16.9 Å². The van der Waals surface area contributed by atoms with Gasteiger partial charge in [0.2, 0.25) is 0 Å². The first kappa shape index (κ1) is 26.3. The number of carboxylic acid groups (broad SMARTS) is 1. The van der Waals surface area contributed by atoms with Crippen molar-refractivity contribution in [1.29, 1.82) is 0 Å². The minimum absolute atomic E-state index is 0.113. The van der Waals surface area contributed by atoms with Crippen LogP contribution in [0.1, 0.15) is 31.1 Å². The Hall–Kier alpha value is -4.31. The number of nitrogens with one attached hydrogen (secondary N) is 1. The summed E-state index contributed by atoms with van der Waals surface area (Å²) in [7, 11) is -9.61. The van der Waals surface area contributed by atoms with E-state index in [-0.39, 0.29) is 16.9 Å². The molecule has 4 N–H and O–H groups in total. The van der Waals surface area contributed by atoms with Crippen molar-refractivity contribution < 1.29 is 45.4 Å². The largest absolute Gasteiger partial charge is 0.478 e. The van der Waals surface area contributed by atoms with E-state index in [1.165, 1.54) is 36.4 Å². The zero-order valence-electron chi connectivity index (χ0n) is 17.8. The molecule has 0 radical (unpaired) electrons. The van der Waals surface area contributed by atoms with Gasteiger partial charge < -0.3 is 10.4 Å². The van der Waals surface area contributed by atoms with E-state index >= 15 is 0 Å². The lowest BCUT2D eigenvalue weighted by Gasteiger charge is -2.09. The lowest BCUT2D eigenvalue weighted by Crippen LogP contribution is -2.14. The number of anilines is 1. The van der Waals surface area contributed by atoms with Crippen LogP contribution in [0.3, 0.4) is 0 Å². The molecular formula is C21H15N3O10S2. The van der Waals surface area contributed by atoms with Crippen LogP contribution in [0.15, 0.2) is 80.7 Å². The second-order valence-corrected chi connectivity index (χ2v) is 9.82. The van der Waals surface area contributed by atoms with Crippen molar-refractivity contribution in [3.8, 4) is 0 Å². The van der Waals surface area contributed by atoms with E-state index in [1.54, 1.807) is 0 Å². The van der Waals surface area contributed by atoms with E-state index in [2.05, 4.69) is 15.5 Å². The maximum absolute atomic E-state index is 12.4. The van der Waals surface area contributed by atoms with Gasteiger partial charge in [0, 0.05) is 11.1 Å². The summed E-state index contributed by atoms with van der Waals surface area (Å²) in [4.78, 5) is 33.4. The van der Waals surface area contributed by atoms with Gasteiger partial charge in [-0.1, -0.05) is 12.1 Å². The molecule has 0 aliphatic carbocycles. The highest BCUT2D eigenvalue weighted by Gasteiger charge is 2.20. The molecule has 186 valence electrons. The second-order valence-electron chi connectivity index (χ2n) is 7.01. The molecule has 13 nitrogen and oxygen atoms in total. The Morgan fingerprint density at radius 3 is 2.06 bits per heavy atom. The predicted octanol–water partition coefficient (Wildman–Crippen LogP) is 3.36. The highest BCUT2D eigenvalue weighted by Crippen LogP contribution is 2.30. The van der Waals surface area contributed by atoms with Crippen LogP contribution < -0.4 is 5.32 Å². The Morgan fingerprint density at radius 2 is 1.50 bits per heavy atom. The molecule has 0 spiro atoms. The summed E-state index contributed by atoms with van der Waals surface area (Å²) in [5.41, 5.74) is -0.826. The molecule has 3 aromatic rings. The van der Waals surface area contributed by atoms with Crippen molar-refractivity contribution in [3.63, 3.8) is 0 Å². The standard InChI is InChI=1S/C21H15N3O10S2/c25-11-12-1-3-13(4-2-12)20(26)22-17-7-5-14(9-16(17)21(27)28)23-24-18-10-15(35(29,30)31)6-8-19(18)36(32,33)34/h1-11H,(H,22,26)(H,27,28)(H,29,30,31)(H,32,33,34). The number of rotatable bonds is 8. The minimum Gasteiger partial charge on any atom is -0.478 e. The number of aromatic carboxylic acids is 1. The zero-order chi connectivity index (χ0) is 26.7. The van der Waals surface area contributed by atoms with Gasteiger partial charge in [0.05, 0.1) is 21.8 Å². The van der Waals surface area contributed by atoms with E-state index in [0.717, 1.165) is 12.1 Å². The third kappa shape index (κ3) is 6.22. The van der Waals surface area contributed by atoms with Crippen LogP contribution in [0.4, 0.5) is 17.1 Å². The predicted molar refractivity (Wildman–Crippen MR) is 123 cm³/mol. The van der Waals surface area contributed by atoms with Gasteiger partial charge in [-0.25, -0.2) is 4.79 Å². The topological polar surface area (TPSA) is 217 Å². The minimum atomic E-state index is -4.86. The molecule has 0 saturated heterocycles. The fourth-order valence-electron chi connectivity index (χ4n) is 2.85. The Balaban J connectivity index is 1.96. The fraction of sp³-hybridized carbons (Fsp3) is 0. The summed E-state index contributed by atoms with van der Waals surface area (Å²) >= 11 is 0. The van der Waals surface area contributed by atoms with Crippen LogP contribution >= 0.6 is 0 Å². The Bertz CT molecular complexity index is 1610. The number of hydrogen-bond donors (Lipinski definition) is 4. The molecule has 3 aromatic carbocycles. The number of hydrogen-bond acceptors (Lipinski definition) is 9. The van der Waals surface area contributed by atoms with Crippen LogP contribution in [0.5, 0.6) is 0 Å². The Morgan fingerprint density at radius 1 is 0.833 bits per heavy atom. The molecule has 36 heavy (non-hydrogen) atoms. The highest BCUT2D eigenvalue weighted by atomic mass is 32.2. The summed E-state index contributed by atoms with van der Waals surface area (Å²) in [6.07, 6.45) is 0.593. The third-order valence-corrected chi connectivity index (χ3v) is 6.32. The summed E-state index contributed by atoms with van der Waals surface area (Å²) < 4.78 is 64.4. The van der Waals surface area contributed by atoms with Gasteiger partial charge in [-0.15, -0.1) is 5.11 Å². The normalized spacial score (nSPS) is 11.8. The van der Waals surface area contributed by atoms with E-state index in [0.29, 0.717) is 24.0 Å². The molecule has 1 amide bonds. The van der Waals surface area contributed by atoms with Crippen molar-refractivity contribution in [2.24, 2.45) is 10.2 Å². The number of carboxylic acids is 1. The van der Waals surface area contributed by atoms with Gasteiger partial charge in [-0.05, 0) is 48.5 Å². The van der Waals surface area contributed by atoms with Gasteiger partial charge >= 0.3 is 5.97 Å². The summed E-state index contributed by atoms with van der Waals surface area (Å²) in [5.74, 6) is -2.12. The first-order valence-corrected chi connectivity index (χ1v) is 12.4. The molecule has 3 rings (SSSR count). The quantitative estimate of drug-likeness (QED) is 0.188. The number of carbonyl (C=O) groups excluding carboxylic acids is 2. The fourth-order valence-corrected chi connectivity index (χ4v) is 3.96. The first-order valence-electron chi connectivity index (χ1n) is 9.54. The lowest BCUT2D eigenvalue weighted by atomic mass is 10.1. The molecule has 0 aromatic heterocycles. The first-order chi connectivity index (χ1) is 16.8. The van der Waals surface area contributed by atoms with Crippen LogP contribution in [0.2, 0.25) is 0 Å². The van der Waals surface area contributed by atoms with Crippen LogP contribution in [-0.2, 0) is 20.2 Å². The number of amides is 1. The maximum atomic E-state index is 12.4. The van der Waals surface area contributed by atoms with Crippen molar-refractivity contribution in [2.45, 2.75) is 9.79 Å². The zero-order valence-corrected chi connectivity index (χ0v) is 19.4. The van der Waals surface area contributed by atoms with Crippen molar-refractivity contribution in [2.75, 3.05) is 5.32 Å². The number of aldehydes is 1. The third-order valence-electron chi connectivity index (χ3n) is 4.57. The summed E-state index contributed by atoms with van der Waals surface area (Å²) in [6, 6.07) is 11.0. The van der Waals surface area contributed by atoms with Crippen LogP contribution in [0, 0.1) is 0 Å². The average Bonchev–Trinajstić information content (AvgIpc) is 2.81. The van der Waals surface area contributed by atoms with Gasteiger partial charge in [-0.3, -0.25) is 18.7 Å². The molecule has 0 fully saturated rings. The number of carbonyl (C=O) groups is 3. The Labute approximate surface area is 203 Å². The average molecular weight is 533 g/mol. The molecule has 0 atom stereocenters. The number of nitrogens with zero attached hydrogens (tertiary/aromatic N) is 2. The van der Waals surface area contributed by atoms with Gasteiger partial charge in [0.25, 0.3) is 26.1 Å². The number of azo groups is 1. The maximum Gasteiger partial charge on any atom is 0.337 e. The second kappa shape index (κ2) is 10.1. The van der Waals surface area contributed by atoms with E-state index in [4.69, 9.17) is 0 Å². The molecule has 0 unspecified atom stereocenters. The van der Waals surface area contributed by atoms with Crippen molar-refractivity contribution >= 4 is 55.5 Å². The van der Waals surface area contributed by atoms with Gasteiger partial charge in [0.15, 0.2) is 0 Å². The lowest BCUT2D eigenvalue weighted by molar-refractivity contribution is 0.0697. The van der Waals surface area contributed by atoms with Crippen LogP contribution in [-0.4, -0.2) is 49.2 Å². The van der Waals surface area contributed by atoms with Crippen molar-refractivity contribution in [3.05, 3.63) is 77.4 Å². The van der Waals surface area contributed by atoms with E-state index in [1.807, 2.05) is 0 Å². The van der Waals surface area contributed by atoms with E-state index in [9.17, 15) is 45.4 Å². The van der Waals surface area contributed by atoms with Crippen LogP contribution in [0.25, 0.3) is 0 Å². The molecule has 0 aliphatic rings. The summed E-state index contributed by atoms with van der Waals surface area (Å²) in [5, 5.41) is 19.2. The number of benzene rings is 3. The molecule has 15 heteroatoms. The summed E-state index contributed by atoms with van der Waals surface area (Å²) in [6.45, 7) is 0. The monoisotopic (exact) mass is 533 g/mol. The molecule has 0 heterocycles. The molecular weight excluding hydrogens is 518 g/mol.